The topological polar surface area (TPSA) is 692 Å². The molecule has 41 nitrogen and oxygen atoms in total. The average molecular weight is 1730 g/mol. The van der Waals surface area contributed by atoms with Crippen molar-refractivity contribution < 1.29 is 81.5 Å². The predicted molar refractivity (Wildman–Crippen MR) is 455 cm³/mol. The molecule has 1 fully saturated rings. The van der Waals surface area contributed by atoms with Crippen LogP contribution in [0.2, 0.25) is 0 Å². The number of aromatic nitrogens is 1. The van der Waals surface area contributed by atoms with E-state index in [1.54, 1.807) is 102 Å². The molecule has 1 saturated heterocycles. The molecule has 4 rings (SSSR count). The van der Waals surface area contributed by atoms with Crippen LogP contribution in [0.15, 0.2) is 60.8 Å². The SMILES string of the molecule is CC[C@H](C)[C@H]1NC(=O)[C@H](Cc2c[nH]c3ccccc23)NC(=O)[C@H](CCCN)NC(=O)CNC(=O)[C@H](CC(N)=O)NC(=O)[C@H](C(C)C)NC(=O)[C@H](CCCCN)NC(=O)[C@H](C(C)C)NC(=O)[C@H](Cc2ccccc2)NC(=O)[C@H](CCCNC(=N)N)NC(=O)[C@@H](NC(C)=O)CSSC[C@@H](C(N)=O)NC(=O)[C@H](CCC(N)=O)NC(=O)[C@H](CCCCN)NC1=O. The molecular formula is C78H124N24O17S2. The molecular weight excluding hydrogens is 1610 g/mol. The van der Waals surface area contributed by atoms with Gasteiger partial charge < -0.3 is 125 Å². The van der Waals surface area contributed by atoms with Gasteiger partial charge in [0.15, 0.2) is 5.96 Å². The van der Waals surface area contributed by atoms with Crippen LogP contribution in [0.3, 0.4) is 0 Å². The van der Waals surface area contributed by atoms with E-state index in [2.05, 4.69) is 84.7 Å². The van der Waals surface area contributed by atoms with E-state index < -0.39 is 228 Å². The van der Waals surface area contributed by atoms with Crippen molar-refractivity contribution in [2.24, 2.45) is 57.9 Å². The number of rotatable bonds is 30. The van der Waals surface area contributed by atoms with Gasteiger partial charge in [-0.25, -0.2) is 0 Å². The van der Waals surface area contributed by atoms with Gasteiger partial charge in [0, 0.05) is 61.3 Å². The Morgan fingerprint density at radius 3 is 1.44 bits per heavy atom. The molecule has 0 radical (unpaired) electrons. The van der Waals surface area contributed by atoms with Crippen molar-refractivity contribution in [3.8, 4) is 0 Å². The number of para-hydroxylation sites is 1. The third kappa shape index (κ3) is 36.4. The van der Waals surface area contributed by atoms with Gasteiger partial charge in [0.1, 0.15) is 78.5 Å². The molecule has 670 valence electrons. The molecule has 0 aliphatic carbocycles. The molecule has 1 aromatic heterocycles. The maximum atomic E-state index is 15.1. The Bertz CT molecular complexity index is 4030. The zero-order valence-corrected chi connectivity index (χ0v) is 71.2. The normalized spacial score (nSPS) is 23.9. The van der Waals surface area contributed by atoms with Gasteiger partial charge >= 0.3 is 0 Å². The van der Waals surface area contributed by atoms with Gasteiger partial charge in [-0.15, -0.1) is 0 Å². The zero-order valence-electron chi connectivity index (χ0n) is 69.6. The number of aromatic amines is 1. The number of carbonyl (C=O) groups is 17. The summed E-state index contributed by atoms with van der Waals surface area (Å²) in [6.07, 6.45) is 0.588. The number of hydrogen-bond donors (Lipinski definition) is 24. The van der Waals surface area contributed by atoms with Crippen molar-refractivity contribution in [1.29, 1.82) is 5.41 Å². The number of primary amides is 3. The fraction of sp³-hybridized carbons (Fsp3) is 0.590. The van der Waals surface area contributed by atoms with Crippen molar-refractivity contribution in [3.63, 3.8) is 0 Å². The van der Waals surface area contributed by atoms with E-state index in [0.29, 0.717) is 34.9 Å². The summed E-state index contributed by atoms with van der Waals surface area (Å²) in [5.41, 5.74) is 41.9. The van der Waals surface area contributed by atoms with Crippen LogP contribution >= 0.6 is 21.6 Å². The molecule has 0 bridgehead atoms. The molecule has 1 aliphatic heterocycles. The minimum atomic E-state index is -1.79. The van der Waals surface area contributed by atoms with Crippen LogP contribution < -0.4 is 120 Å². The summed E-state index contributed by atoms with van der Waals surface area (Å²) in [7, 11) is 1.82. The smallest absolute Gasteiger partial charge is 0.244 e. The summed E-state index contributed by atoms with van der Waals surface area (Å²) in [5.74, 6) is -19.3. The second-order valence-electron chi connectivity index (χ2n) is 30.3. The number of benzene rings is 2. The van der Waals surface area contributed by atoms with E-state index in [1.807, 2.05) is 0 Å². The summed E-state index contributed by atoms with van der Waals surface area (Å²) in [4.78, 5) is 244. The summed E-state index contributed by atoms with van der Waals surface area (Å²) in [5, 5.41) is 47.5. The molecule has 1 aliphatic rings. The van der Waals surface area contributed by atoms with Gasteiger partial charge in [0.25, 0.3) is 0 Å². The van der Waals surface area contributed by atoms with Crippen LogP contribution in [-0.2, 0) is 94.3 Å². The van der Waals surface area contributed by atoms with Crippen LogP contribution in [0.1, 0.15) is 149 Å². The average Bonchev–Trinajstić information content (AvgIpc) is 1.67. The summed E-state index contributed by atoms with van der Waals surface area (Å²) in [6, 6.07) is -4.20. The van der Waals surface area contributed by atoms with Crippen molar-refractivity contribution >= 4 is 139 Å². The van der Waals surface area contributed by atoms with E-state index in [-0.39, 0.29) is 108 Å². The molecule has 2 aromatic carbocycles. The Hall–Kier alpha value is -11.2. The molecule has 3 aromatic rings. The van der Waals surface area contributed by atoms with E-state index in [4.69, 9.17) is 45.5 Å². The third-order valence-corrected chi connectivity index (χ3v) is 22.2. The van der Waals surface area contributed by atoms with Crippen LogP contribution in [0.5, 0.6) is 0 Å². The molecule has 0 unspecified atom stereocenters. The van der Waals surface area contributed by atoms with E-state index >= 15 is 4.79 Å². The number of hydrogen-bond acceptors (Lipinski definition) is 23. The van der Waals surface area contributed by atoms with Crippen LogP contribution in [0.4, 0.5) is 0 Å². The first-order valence-electron chi connectivity index (χ1n) is 40.5. The summed E-state index contributed by atoms with van der Waals surface area (Å²) >= 11 is 0. The Morgan fingerprint density at radius 1 is 0.471 bits per heavy atom. The van der Waals surface area contributed by atoms with E-state index in [9.17, 15) is 76.7 Å². The zero-order chi connectivity index (χ0) is 90.0. The molecule has 0 spiro atoms. The molecule has 43 heteroatoms. The van der Waals surface area contributed by atoms with E-state index in [1.165, 1.54) is 0 Å². The van der Waals surface area contributed by atoms with Crippen LogP contribution in [0.25, 0.3) is 10.9 Å². The van der Waals surface area contributed by atoms with Crippen molar-refractivity contribution in [1.82, 2.24) is 84.7 Å². The quantitative estimate of drug-likeness (QED) is 0.0129. The minimum Gasteiger partial charge on any atom is -0.370 e. The van der Waals surface area contributed by atoms with Crippen molar-refractivity contribution in [2.45, 2.75) is 230 Å². The maximum Gasteiger partial charge on any atom is 0.244 e. The first kappa shape index (κ1) is 102. The lowest BCUT2D eigenvalue weighted by Crippen LogP contribution is -2.62. The number of fused-ring (bicyclic) bond motifs is 1. The summed E-state index contributed by atoms with van der Waals surface area (Å²) in [6.45, 7) is 10.2. The second kappa shape index (κ2) is 53.5. The number of unbranched alkanes of at least 4 members (excludes halogenated alkanes) is 2. The maximum absolute atomic E-state index is 15.1. The van der Waals surface area contributed by atoms with Gasteiger partial charge in [-0.1, -0.05) is 118 Å². The Labute approximate surface area is 710 Å². The second-order valence-corrected chi connectivity index (χ2v) is 32.8. The number of amides is 17. The molecule has 0 saturated carbocycles. The Balaban J connectivity index is 1.89. The lowest BCUT2D eigenvalue weighted by atomic mass is 9.96. The van der Waals surface area contributed by atoms with Gasteiger partial charge in [-0.3, -0.25) is 86.9 Å². The minimum absolute atomic E-state index is 0.0101. The van der Waals surface area contributed by atoms with Gasteiger partial charge in [0.2, 0.25) is 100 Å². The first-order chi connectivity index (χ1) is 57.4. The number of nitrogens with two attached hydrogens (primary N) is 7. The monoisotopic (exact) mass is 1730 g/mol. The highest BCUT2D eigenvalue weighted by Crippen LogP contribution is 2.25. The van der Waals surface area contributed by atoms with Crippen molar-refractivity contribution in [3.05, 3.63) is 71.9 Å². The molecule has 31 N–H and O–H groups in total. The highest BCUT2D eigenvalue weighted by Gasteiger charge is 2.40. The first-order valence-corrected chi connectivity index (χ1v) is 43.0. The Morgan fingerprint density at radius 2 is 0.917 bits per heavy atom. The lowest BCUT2D eigenvalue weighted by molar-refractivity contribution is -0.137. The highest BCUT2D eigenvalue weighted by molar-refractivity contribution is 8.76. The van der Waals surface area contributed by atoms with Crippen LogP contribution in [-0.4, -0.2) is 234 Å². The molecule has 14 atom stereocenters. The standard InChI is InChI=1S/C78H124N24O17S2/c1-8-43(6)64-77(119)95-50(24-14-16-30-79)68(110)93-53(28-29-59(82)104)70(112)99-57(65(84)107)39-120-121-40-58(90-44(7)103)74(116)92-52(27-19-33-87-78(85)86)69(111)96-54(34-45-20-10-9-11-21-45)72(114)101-62(41(2)3)75(117)94-51(25-15-17-31-80)71(113)100-63(42(4)5)76(118)98-56(36-60(83)105)66(108)89-38-61(106)91-49(26-18-32-81)67(109)97-55(73(115)102-64)35-46-37-88-48-23-13-12-22-47(46)48/h9-13,20-23,37,41-43,49-58,62-64,88H,8,14-19,24-36,38-40,79-81H2,1-7H3,(H2,82,104)(H2,83,105)(H2,84,107)(H,89,108)(H,90,103)(H,91,106)(H,92,116)(H,93,110)(H,94,117)(H,95,119)(H,96,111)(H,97,109)(H,98,118)(H,99,112)(H,100,113)(H,101,114)(H,102,115)(H4,85,86,87)/t43-,49-,50-,51-,52-,53-,54-,55-,56-,57-,58-,62-,63-,64+/m0/s1. The van der Waals surface area contributed by atoms with Crippen molar-refractivity contribution in [2.75, 3.05) is 44.2 Å². The third-order valence-electron chi connectivity index (χ3n) is 19.7. The van der Waals surface area contributed by atoms with E-state index in [0.717, 1.165) is 28.5 Å². The van der Waals surface area contributed by atoms with Gasteiger partial charge in [-0.2, -0.15) is 0 Å². The fourth-order valence-electron chi connectivity index (χ4n) is 12.7. The molecule has 121 heavy (non-hydrogen) atoms. The van der Waals surface area contributed by atoms with Gasteiger partial charge in [0.05, 0.1) is 13.0 Å². The Kier molecular flexibility index (Phi) is 45.1. The summed E-state index contributed by atoms with van der Waals surface area (Å²) < 4.78 is 0. The number of H-pyrrole nitrogens is 1. The number of nitrogens with one attached hydrogen (secondary N) is 17. The lowest BCUT2D eigenvalue weighted by Gasteiger charge is -2.30. The molecule has 2 heterocycles. The van der Waals surface area contributed by atoms with Crippen LogP contribution in [0, 0.1) is 23.2 Å². The molecule has 17 amide bonds. The highest BCUT2D eigenvalue weighted by atomic mass is 33.1. The van der Waals surface area contributed by atoms with Gasteiger partial charge in [-0.05, 0) is 125 Å². The fourth-order valence-corrected chi connectivity index (χ4v) is 15.1. The predicted octanol–water partition coefficient (Wildman–Crippen LogP) is -4.97. The number of carbonyl (C=O) groups excluding carboxylic acids is 17. The largest absolute Gasteiger partial charge is 0.370 e. The number of guanidine groups is 1.